The fourth-order valence-corrected chi connectivity index (χ4v) is 3.36. The van der Waals surface area contributed by atoms with Crippen molar-refractivity contribution in [1.29, 1.82) is 0 Å². The monoisotopic (exact) mass is 308 g/mol. The summed E-state index contributed by atoms with van der Waals surface area (Å²) in [5.74, 6) is 0.438. The van der Waals surface area contributed by atoms with Crippen LogP contribution in [0.15, 0.2) is 24.3 Å². The molecule has 0 aromatic heterocycles. The summed E-state index contributed by atoms with van der Waals surface area (Å²) >= 11 is 6.24. The molecule has 0 radical (unpaired) electrons. The molecule has 1 amide bonds. The Morgan fingerprint density at radius 1 is 1.29 bits per heavy atom. The summed E-state index contributed by atoms with van der Waals surface area (Å²) in [6.07, 6.45) is 1.76. The number of benzene rings is 1. The minimum Gasteiger partial charge on any atom is -0.370 e. The van der Waals surface area contributed by atoms with E-state index in [9.17, 15) is 4.79 Å². The molecule has 2 aliphatic heterocycles. The van der Waals surface area contributed by atoms with Gasteiger partial charge in [0.15, 0.2) is 0 Å². The van der Waals surface area contributed by atoms with E-state index in [2.05, 4.69) is 5.32 Å². The van der Waals surface area contributed by atoms with Gasteiger partial charge >= 0.3 is 0 Å². The number of nitrogens with one attached hydrogen (secondary N) is 1. The largest absolute Gasteiger partial charge is 0.370 e. The lowest BCUT2D eigenvalue weighted by Crippen LogP contribution is -2.47. The normalized spacial score (nSPS) is 24.0. The van der Waals surface area contributed by atoms with Crippen LogP contribution in [-0.2, 0) is 9.53 Å². The highest BCUT2D eigenvalue weighted by Crippen LogP contribution is 2.29. The Hall–Kier alpha value is -1.10. The predicted octanol–water partition coefficient (Wildman–Crippen LogP) is 2.24. The minimum atomic E-state index is -0.113. The highest BCUT2D eigenvalue weighted by atomic mass is 35.5. The van der Waals surface area contributed by atoms with Gasteiger partial charge in [0.2, 0.25) is 5.91 Å². The molecule has 2 saturated heterocycles. The summed E-state index contributed by atoms with van der Waals surface area (Å²) in [5, 5.41) is 4.01. The van der Waals surface area contributed by atoms with Gasteiger partial charge in [-0.05, 0) is 32.0 Å². The van der Waals surface area contributed by atoms with E-state index in [1.54, 1.807) is 0 Å². The number of nitrogens with zero attached hydrogens (tertiary/aromatic N) is 1. The van der Waals surface area contributed by atoms with Gasteiger partial charge in [-0.1, -0.05) is 29.8 Å². The van der Waals surface area contributed by atoms with Crippen molar-refractivity contribution in [3.05, 3.63) is 34.9 Å². The van der Waals surface area contributed by atoms with Crippen LogP contribution >= 0.6 is 11.6 Å². The van der Waals surface area contributed by atoms with Crippen LogP contribution in [0.4, 0.5) is 0 Å². The quantitative estimate of drug-likeness (QED) is 0.911. The first-order valence-corrected chi connectivity index (χ1v) is 7.99. The van der Waals surface area contributed by atoms with Gasteiger partial charge in [-0.3, -0.25) is 4.79 Å². The summed E-state index contributed by atoms with van der Waals surface area (Å²) in [4.78, 5) is 14.6. The van der Waals surface area contributed by atoms with Crippen molar-refractivity contribution in [2.45, 2.75) is 18.9 Å². The average molecular weight is 309 g/mol. The molecule has 2 fully saturated rings. The van der Waals surface area contributed by atoms with Gasteiger partial charge in [0, 0.05) is 23.0 Å². The third-order valence-electron chi connectivity index (χ3n) is 4.32. The molecule has 114 valence electrons. The maximum atomic E-state index is 12.6. The summed E-state index contributed by atoms with van der Waals surface area (Å²) in [6.45, 7) is 3.74. The van der Waals surface area contributed by atoms with Gasteiger partial charge in [-0.25, -0.2) is 0 Å². The molecule has 1 aromatic rings. The summed E-state index contributed by atoms with van der Waals surface area (Å²) in [7, 11) is 0. The van der Waals surface area contributed by atoms with E-state index >= 15 is 0 Å². The van der Waals surface area contributed by atoms with Crippen LogP contribution in [0.2, 0.25) is 5.02 Å². The molecule has 2 aliphatic rings. The van der Waals surface area contributed by atoms with E-state index in [0.717, 1.165) is 31.5 Å². The van der Waals surface area contributed by atoms with Crippen LogP contribution in [0.1, 0.15) is 24.5 Å². The number of halogens is 1. The number of hydrogen-bond acceptors (Lipinski definition) is 3. The molecular weight excluding hydrogens is 288 g/mol. The zero-order valence-corrected chi connectivity index (χ0v) is 12.8. The third kappa shape index (κ3) is 3.39. The Morgan fingerprint density at radius 2 is 2.05 bits per heavy atom. The number of carbonyl (C=O) groups excluding carboxylic acids is 1. The first-order valence-electron chi connectivity index (χ1n) is 7.61. The third-order valence-corrected chi connectivity index (χ3v) is 4.66. The van der Waals surface area contributed by atoms with Crippen molar-refractivity contribution >= 4 is 17.5 Å². The van der Waals surface area contributed by atoms with Crippen molar-refractivity contribution in [1.82, 2.24) is 10.2 Å². The lowest BCUT2D eigenvalue weighted by Gasteiger charge is -2.36. The minimum absolute atomic E-state index is 0.113. The fourth-order valence-electron chi connectivity index (χ4n) is 3.10. The highest BCUT2D eigenvalue weighted by Gasteiger charge is 2.31. The van der Waals surface area contributed by atoms with E-state index in [-0.39, 0.29) is 17.9 Å². The molecule has 1 aromatic carbocycles. The Balaban J connectivity index is 1.68. The molecule has 5 heteroatoms. The number of hydrogen-bond donors (Lipinski definition) is 1. The fraction of sp³-hybridized carbons (Fsp3) is 0.562. The molecular formula is C16H21ClN2O2. The number of morpholine rings is 1. The zero-order valence-electron chi connectivity index (χ0n) is 12.1. The van der Waals surface area contributed by atoms with Crippen molar-refractivity contribution in [3.63, 3.8) is 0 Å². The van der Waals surface area contributed by atoms with Gasteiger partial charge in [0.25, 0.3) is 0 Å². The predicted molar refractivity (Wildman–Crippen MR) is 82.3 cm³/mol. The Labute approximate surface area is 130 Å². The maximum Gasteiger partial charge on any atom is 0.225 e. The highest BCUT2D eigenvalue weighted by molar-refractivity contribution is 6.31. The molecule has 1 atom stereocenters. The SMILES string of the molecule is O=C(C1CCNCC1)N1CCO[C@@H](c2ccccc2Cl)C1. The molecule has 3 rings (SSSR count). The number of rotatable bonds is 2. The maximum absolute atomic E-state index is 12.6. The van der Waals surface area contributed by atoms with E-state index in [0.29, 0.717) is 24.7 Å². The standard InChI is InChI=1S/C16H21ClN2O2/c17-14-4-2-1-3-13(14)15-11-19(9-10-21-15)16(20)12-5-7-18-8-6-12/h1-4,12,15,18H,5-11H2/t15-/m1/s1. The van der Waals surface area contributed by atoms with Crippen molar-refractivity contribution in [3.8, 4) is 0 Å². The van der Waals surface area contributed by atoms with Crippen LogP contribution in [0.5, 0.6) is 0 Å². The van der Waals surface area contributed by atoms with E-state index in [1.165, 1.54) is 0 Å². The van der Waals surface area contributed by atoms with Crippen LogP contribution in [0.25, 0.3) is 0 Å². The topological polar surface area (TPSA) is 41.6 Å². The summed E-state index contributed by atoms with van der Waals surface area (Å²) < 4.78 is 5.82. The van der Waals surface area contributed by atoms with Crippen molar-refractivity contribution in [2.75, 3.05) is 32.8 Å². The van der Waals surface area contributed by atoms with Crippen LogP contribution in [0, 0.1) is 5.92 Å². The first-order chi connectivity index (χ1) is 10.3. The Kier molecular flexibility index (Phi) is 4.78. The molecule has 0 unspecified atom stereocenters. The lowest BCUT2D eigenvalue weighted by molar-refractivity contribution is -0.144. The molecule has 21 heavy (non-hydrogen) atoms. The lowest BCUT2D eigenvalue weighted by atomic mass is 9.96. The number of carbonyl (C=O) groups is 1. The van der Waals surface area contributed by atoms with Gasteiger partial charge in [-0.2, -0.15) is 0 Å². The van der Waals surface area contributed by atoms with Crippen LogP contribution in [0.3, 0.4) is 0 Å². The number of piperidine rings is 1. The van der Waals surface area contributed by atoms with E-state index in [4.69, 9.17) is 16.3 Å². The molecule has 4 nitrogen and oxygen atoms in total. The smallest absolute Gasteiger partial charge is 0.225 e. The summed E-state index contributed by atoms with van der Waals surface area (Å²) in [6, 6.07) is 7.71. The first kappa shape index (κ1) is 14.8. The second kappa shape index (κ2) is 6.77. The average Bonchev–Trinajstić information content (AvgIpc) is 2.55. The second-order valence-electron chi connectivity index (χ2n) is 5.69. The van der Waals surface area contributed by atoms with Gasteiger partial charge in [-0.15, -0.1) is 0 Å². The summed E-state index contributed by atoms with van der Waals surface area (Å²) in [5.41, 5.74) is 0.974. The molecule has 0 bridgehead atoms. The van der Waals surface area contributed by atoms with E-state index < -0.39 is 0 Å². The van der Waals surface area contributed by atoms with Crippen LogP contribution < -0.4 is 5.32 Å². The van der Waals surface area contributed by atoms with Crippen molar-refractivity contribution in [2.24, 2.45) is 5.92 Å². The zero-order chi connectivity index (χ0) is 14.7. The van der Waals surface area contributed by atoms with Crippen molar-refractivity contribution < 1.29 is 9.53 Å². The molecule has 0 saturated carbocycles. The van der Waals surface area contributed by atoms with E-state index in [1.807, 2.05) is 29.2 Å². The van der Waals surface area contributed by atoms with Gasteiger partial charge < -0.3 is 15.0 Å². The van der Waals surface area contributed by atoms with Gasteiger partial charge in [0.05, 0.1) is 13.2 Å². The number of ether oxygens (including phenoxy) is 1. The molecule has 0 aliphatic carbocycles. The molecule has 1 N–H and O–H groups in total. The second-order valence-corrected chi connectivity index (χ2v) is 6.10. The van der Waals surface area contributed by atoms with Gasteiger partial charge in [0.1, 0.15) is 6.10 Å². The Morgan fingerprint density at radius 3 is 2.81 bits per heavy atom. The Bertz CT molecular complexity index is 503. The molecule has 0 spiro atoms. The van der Waals surface area contributed by atoms with Crippen LogP contribution in [-0.4, -0.2) is 43.6 Å². The molecule has 2 heterocycles. The number of amides is 1.